The predicted octanol–water partition coefficient (Wildman–Crippen LogP) is 4.45. The van der Waals surface area contributed by atoms with Gasteiger partial charge in [-0.2, -0.15) is 0 Å². The standard InChI is InChI=1S/C19H29NO/c1-6-20(7-2)19(10-8-9-11-19)18(21)17-13-15(4)14(3)12-16(17)5/h12-13H,6-11H2,1-5H3. The third-order valence-corrected chi connectivity index (χ3v) is 5.31. The van der Waals surface area contributed by atoms with Gasteiger partial charge in [0.05, 0.1) is 5.54 Å². The Balaban J connectivity index is 2.47. The summed E-state index contributed by atoms with van der Waals surface area (Å²) in [6.45, 7) is 12.5. The van der Waals surface area contributed by atoms with Crippen LogP contribution in [0.2, 0.25) is 0 Å². The number of carbonyl (C=O) groups excluding carboxylic acids is 1. The first-order valence-electron chi connectivity index (χ1n) is 8.34. The Kier molecular flexibility index (Phi) is 4.88. The van der Waals surface area contributed by atoms with Crippen LogP contribution < -0.4 is 0 Å². The maximum Gasteiger partial charge on any atom is 0.183 e. The fraction of sp³-hybridized carbons (Fsp3) is 0.632. The van der Waals surface area contributed by atoms with Gasteiger partial charge in [0, 0.05) is 5.56 Å². The van der Waals surface area contributed by atoms with Crippen LogP contribution in [-0.2, 0) is 0 Å². The number of nitrogens with zero attached hydrogens (tertiary/aromatic N) is 1. The van der Waals surface area contributed by atoms with Crippen LogP contribution in [0.15, 0.2) is 12.1 Å². The molecule has 0 N–H and O–H groups in total. The molecule has 2 nitrogen and oxygen atoms in total. The largest absolute Gasteiger partial charge is 0.292 e. The van der Waals surface area contributed by atoms with E-state index in [4.69, 9.17) is 0 Å². The summed E-state index contributed by atoms with van der Waals surface area (Å²) in [5, 5.41) is 0. The predicted molar refractivity (Wildman–Crippen MR) is 89.1 cm³/mol. The third kappa shape index (κ3) is 2.78. The topological polar surface area (TPSA) is 20.3 Å². The Morgan fingerprint density at radius 2 is 1.52 bits per heavy atom. The van der Waals surface area contributed by atoms with Crippen LogP contribution in [-0.4, -0.2) is 29.3 Å². The summed E-state index contributed by atoms with van der Waals surface area (Å²) in [4.78, 5) is 15.8. The molecule has 0 saturated heterocycles. The molecule has 116 valence electrons. The average molecular weight is 287 g/mol. The molecule has 0 aliphatic heterocycles. The van der Waals surface area contributed by atoms with E-state index < -0.39 is 0 Å². The highest BCUT2D eigenvalue weighted by molar-refractivity contribution is 6.04. The Morgan fingerprint density at radius 1 is 1.00 bits per heavy atom. The molecule has 1 aliphatic rings. The van der Waals surface area contributed by atoms with Crippen molar-refractivity contribution >= 4 is 5.78 Å². The lowest BCUT2D eigenvalue weighted by atomic mass is 9.83. The molecule has 0 heterocycles. The average Bonchev–Trinajstić information content (AvgIpc) is 2.94. The summed E-state index contributed by atoms with van der Waals surface area (Å²) in [5.74, 6) is 0.351. The Morgan fingerprint density at radius 3 is 2.05 bits per heavy atom. The number of likely N-dealkylation sites (N-methyl/N-ethyl adjacent to an activating group) is 1. The second-order valence-electron chi connectivity index (χ2n) is 6.49. The zero-order chi connectivity index (χ0) is 15.6. The van der Waals surface area contributed by atoms with Crippen LogP contribution in [0.4, 0.5) is 0 Å². The second kappa shape index (κ2) is 6.31. The van der Waals surface area contributed by atoms with Crippen LogP contribution >= 0.6 is 0 Å². The van der Waals surface area contributed by atoms with Gasteiger partial charge >= 0.3 is 0 Å². The maximum atomic E-state index is 13.4. The highest BCUT2D eigenvalue weighted by Crippen LogP contribution is 2.38. The van der Waals surface area contributed by atoms with Crippen LogP contribution in [0, 0.1) is 20.8 Å². The SMILES string of the molecule is CCN(CC)C1(C(=O)c2cc(C)c(C)cc2C)CCCC1. The van der Waals surface area contributed by atoms with Crippen LogP contribution in [0.5, 0.6) is 0 Å². The minimum Gasteiger partial charge on any atom is -0.292 e. The van der Waals surface area contributed by atoms with Gasteiger partial charge in [0.2, 0.25) is 0 Å². The van der Waals surface area contributed by atoms with E-state index in [9.17, 15) is 4.79 Å². The molecule has 0 unspecified atom stereocenters. The molecule has 2 heteroatoms. The van der Waals surface area contributed by atoms with Gasteiger partial charge in [-0.05, 0) is 69.5 Å². The monoisotopic (exact) mass is 287 g/mol. The van der Waals surface area contributed by atoms with Gasteiger partial charge < -0.3 is 0 Å². The minimum atomic E-state index is -0.254. The first-order valence-corrected chi connectivity index (χ1v) is 8.34. The molecule has 0 aromatic heterocycles. The summed E-state index contributed by atoms with van der Waals surface area (Å²) in [6.07, 6.45) is 4.37. The smallest absolute Gasteiger partial charge is 0.183 e. The van der Waals surface area contributed by atoms with Crippen molar-refractivity contribution in [2.24, 2.45) is 0 Å². The molecule has 1 aromatic carbocycles. The highest BCUT2D eigenvalue weighted by Gasteiger charge is 2.45. The van der Waals surface area contributed by atoms with Crippen molar-refractivity contribution in [3.63, 3.8) is 0 Å². The summed E-state index contributed by atoms with van der Waals surface area (Å²) >= 11 is 0. The van der Waals surface area contributed by atoms with Gasteiger partial charge in [0.15, 0.2) is 5.78 Å². The Hall–Kier alpha value is -1.15. The molecule has 1 aliphatic carbocycles. The van der Waals surface area contributed by atoms with Crippen molar-refractivity contribution in [3.8, 4) is 0 Å². The summed E-state index contributed by atoms with van der Waals surface area (Å²) in [7, 11) is 0. The van der Waals surface area contributed by atoms with Gasteiger partial charge in [0.1, 0.15) is 0 Å². The van der Waals surface area contributed by atoms with E-state index in [1.165, 1.54) is 24.0 Å². The highest BCUT2D eigenvalue weighted by atomic mass is 16.1. The second-order valence-corrected chi connectivity index (χ2v) is 6.49. The molecule has 0 spiro atoms. The first kappa shape index (κ1) is 16.2. The molecule has 0 amide bonds. The van der Waals surface area contributed by atoms with Crippen LogP contribution in [0.25, 0.3) is 0 Å². The fourth-order valence-electron chi connectivity index (χ4n) is 3.93. The molecule has 0 atom stereocenters. The number of hydrogen-bond donors (Lipinski definition) is 0. The molecular formula is C19H29NO. The lowest BCUT2D eigenvalue weighted by molar-refractivity contribution is 0.0583. The van der Waals surface area contributed by atoms with Gasteiger partial charge in [0.25, 0.3) is 0 Å². The van der Waals surface area contributed by atoms with Crippen LogP contribution in [0.3, 0.4) is 0 Å². The van der Waals surface area contributed by atoms with E-state index in [0.717, 1.165) is 37.1 Å². The molecule has 0 bridgehead atoms. The number of ketones is 1. The van der Waals surface area contributed by atoms with Crippen molar-refractivity contribution in [2.45, 2.75) is 65.8 Å². The number of hydrogen-bond acceptors (Lipinski definition) is 2. The van der Waals surface area contributed by atoms with E-state index in [1.54, 1.807) is 0 Å². The fourth-order valence-corrected chi connectivity index (χ4v) is 3.93. The quantitative estimate of drug-likeness (QED) is 0.746. The number of aryl methyl sites for hydroxylation is 3. The molecule has 21 heavy (non-hydrogen) atoms. The maximum absolute atomic E-state index is 13.4. The van der Waals surface area contributed by atoms with Gasteiger partial charge in [-0.1, -0.05) is 32.8 Å². The van der Waals surface area contributed by atoms with E-state index in [1.807, 2.05) is 0 Å². The third-order valence-electron chi connectivity index (χ3n) is 5.31. The minimum absolute atomic E-state index is 0.254. The van der Waals surface area contributed by atoms with E-state index in [0.29, 0.717) is 5.78 Å². The summed E-state index contributed by atoms with van der Waals surface area (Å²) < 4.78 is 0. The van der Waals surface area contributed by atoms with Crippen molar-refractivity contribution in [1.29, 1.82) is 0 Å². The first-order chi connectivity index (χ1) is 9.96. The van der Waals surface area contributed by atoms with E-state index in [-0.39, 0.29) is 5.54 Å². The zero-order valence-electron chi connectivity index (χ0n) is 14.3. The van der Waals surface area contributed by atoms with Crippen LogP contribution in [0.1, 0.15) is 66.6 Å². The number of Topliss-reactive ketones (excluding diaryl/α,β-unsaturated/α-hetero) is 1. The zero-order valence-corrected chi connectivity index (χ0v) is 14.3. The lowest BCUT2D eigenvalue weighted by Gasteiger charge is -2.39. The van der Waals surface area contributed by atoms with Gasteiger partial charge in [-0.25, -0.2) is 0 Å². The summed E-state index contributed by atoms with van der Waals surface area (Å²) in [6, 6.07) is 4.27. The molecule has 2 rings (SSSR count). The summed E-state index contributed by atoms with van der Waals surface area (Å²) in [5.41, 5.74) is 4.30. The Labute approximate surface area is 129 Å². The molecular weight excluding hydrogens is 258 g/mol. The number of benzene rings is 1. The van der Waals surface area contributed by atoms with Crippen molar-refractivity contribution < 1.29 is 4.79 Å². The lowest BCUT2D eigenvalue weighted by Crippen LogP contribution is -2.52. The molecule has 1 saturated carbocycles. The number of rotatable bonds is 5. The molecule has 1 aromatic rings. The molecule has 0 radical (unpaired) electrons. The van der Waals surface area contributed by atoms with Gasteiger partial charge in [-0.3, -0.25) is 9.69 Å². The van der Waals surface area contributed by atoms with Crippen molar-refractivity contribution in [3.05, 3.63) is 34.4 Å². The number of carbonyl (C=O) groups is 1. The van der Waals surface area contributed by atoms with Crippen molar-refractivity contribution in [2.75, 3.05) is 13.1 Å². The van der Waals surface area contributed by atoms with Crippen molar-refractivity contribution in [1.82, 2.24) is 4.90 Å². The van der Waals surface area contributed by atoms with E-state index in [2.05, 4.69) is 51.7 Å². The Bertz CT molecular complexity index is 523. The van der Waals surface area contributed by atoms with E-state index >= 15 is 0 Å². The normalized spacial score (nSPS) is 17.4. The molecule has 1 fully saturated rings. The van der Waals surface area contributed by atoms with Gasteiger partial charge in [-0.15, -0.1) is 0 Å².